The topological polar surface area (TPSA) is 104 Å². The fourth-order valence-corrected chi connectivity index (χ4v) is 2.66. The molecule has 3 amide bonds. The molecule has 22 heavy (non-hydrogen) atoms. The zero-order chi connectivity index (χ0) is 16.2. The molecule has 0 unspecified atom stereocenters. The van der Waals surface area contributed by atoms with Gasteiger partial charge in [-0.2, -0.15) is 0 Å². The number of hydrogen-bond acceptors (Lipinski definition) is 4. The first-order valence-corrected chi connectivity index (χ1v) is 7.52. The molecule has 0 spiro atoms. The predicted octanol–water partition coefficient (Wildman–Crippen LogP) is 0.453. The van der Waals surface area contributed by atoms with E-state index in [9.17, 15) is 19.2 Å². The van der Waals surface area contributed by atoms with Crippen molar-refractivity contribution in [2.75, 3.05) is 13.1 Å². The first-order chi connectivity index (χ1) is 10.5. The molecule has 2 aliphatic rings. The van der Waals surface area contributed by atoms with Gasteiger partial charge < -0.3 is 10.4 Å². The van der Waals surface area contributed by atoms with Crippen molar-refractivity contribution in [3.63, 3.8) is 0 Å². The van der Waals surface area contributed by atoms with Crippen molar-refractivity contribution in [3.05, 3.63) is 12.2 Å². The van der Waals surface area contributed by atoms with Gasteiger partial charge in [0.05, 0.1) is 0 Å². The van der Waals surface area contributed by atoms with Gasteiger partial charge in [0.2, 0.25) is 5.91 Å². The zero-order valence-electron chi connectivity index (χ0n) is 12.3. The van der Waals surface area contributed by atoms with E-state index in [0.717, 1.165) is 12.8 Å². The van der Waals surface area contributed by atoms with Crippen LogP contribution in [0, 0.1) is 5.41 Å². The van der Waals surface area contributed by atoms with Crippen molar-refractivity contribution in [2.45, 2.75) is 38.5 Å². The minimum atomic E-state index is -1.22. The van der Waals surface area contributed by atoms with Crippen molar-refractivity contribution in [1.82, 2.24) is 10.2 Å². The van der Waals surface area contributed by atoms with Crippen LogP contribution in [0.2, 0.25) is 0 Å². The summed E-state index contributed by atoms with van der Waals surface area (Å²) in [6.45, 7) is 0.783. The Bertz CT molecular complexity index is 504. The Balaban J connectivity index is 1.60. The minimum absolute atomic E-state index is 0.285. The van der Waals surface area contributed by atoms with Crippen LogP contribution in [-0.4, -0.2) is 46.8 Å². The van der Waals surface area contributed by atoms with E-state index < -0.39 is 17.3 Å². The van der Waals surface area contributed by atoms with Gasteiger partial charge >= 0.3 is 5.97 Å². The Labute approximate surface area is 128 Å². The van der Waals surface area contributed by atoms with Crippen molar-refractivity contribution < 1.29 is 24.3 Å². The zero-order valence-corrected chi connectivity index (χ0v) is 12.3. The van der Waals surface area contributed by atoms with Crippen LogP contribution in [0.3, 0.4) is 0 Å². The molecule has 0 saturated heterocycles. The van der Waals surface area contributed by atoms with Crippen LogP contribution >= 0.6 is 0 Å². The number of hydrogen-bond donors (Lipinski definition) is 2. The molecule has 1 fully saturated rings. The molecular formula is C15H20N2O5. The molecule has 7 heteroatoms. The number of imide groups is 1. The van der Waals surface area contributed by atoms with E-state index in [2.05, 4.69) is 5.32 Å². The fraction of sp³-hybridized carbons (Fsp3) is 0.600. The Kier molecular flexibility index (Phi) is 4.95. The first kappa shape index (κ1) is 16.2. The normalized spacial score (nSPS) is 19.2. The highest BCUT2D eigenvalue weighted by atomic mass is 16.4. The summed E-state index contributed by atoms with van der Waals surface area (Å²) in [5, 5.41) is 11.8. The first-order valence-electron chi connectivity index (χ1n) is 7.52. The number of carbonyl (C=O) groups is 4. The molecule has 0 aromatic rings. The lowest BCUT2D eigenvalue weighted by molar-refractivity contribution is -0.162. The lowest BCUT2D eigenvalue weighted by Gasteiger charge is -2.35. The van der Waals surface area contributed by atoms with Crippen LogP contribution < -0.4 is 5.32 Å². The van der Waals surface area contributed by atoms with Gasteiger partial charge in [-0.05, 0) is 32.1 Å². The summed E-state index contributed by atoms with van der Waals surface area (Å²) in [5.74, 6) is -2.02. The van der Waals surface area contributed by atoms with Gasteiger partial charge in [0.1, 0.15) is 5.41 Å². The maximum absolute atomic E-state index is 11.9. The number of carboxylic acids is 1. The van der Waals surface area contributed by atoms with Crippen LogP contribution in [0.1, 0.15) is 38.5 Å². The second-order valence-corrected chi connectivity index (χ2v) is 5.72. The van der Waals surface area contributed by atoms with Crippen molar-refractivity contribution >= 4 is 23.7 Å². The number of rotatable bonds is 8. The molecule has 1 saturated carbocycles. The highest BCUT2D eigenvalue weighted by Crippen LogP contribution is 2.41. The summed E-state index contributed by atoms with van der Waals surface area (Å²) < 4.78 is 0. The van der Waals surface area contributed by atoms with Gasteiger partial charge in [-0.1, -0.05) is 6.42 Å². The second kappa shape index (κ2) is 6.72. The summed E-state index contributed by atoms with van der Waals surface area (Å²) in [7, 11) is 0. The third-order valence-corrected chi connectivity index (χ3v) is 4.30. The number of aliphatic carboxylic acids is 1. The lowest BCUT2D eigenvalue weighted by Crippen LogP contribution is -2.51. The molecule has 0 radical (unpaired) electrons. The molecule has 0 atom stereocenters. The quantitative estimate of drug-likeness (QED) is 0.385. The van der Waals surface area contributed by atoms with Gasteiger partial charge in [0.15, 0.2) is 0 Å². The van der Waals surface area contributed by atoms with Crippen LogP contribution in [0.4, 0.5) is 0 Å². The van der Waals surface area contributed by atoms with Crippen LogP contribution in [0.15, 0.2) is 12.2 Å². The second-order valence-electron chi connectivity index (χ2n) is 5.72. The molecule has 120 valence electrons. The van der Waals surface area contributed by atoms with Crippen molar-refractivity contribution in [1.29, 1.82) is 0 Å². The Morgan fingerprint density at radius 2 is 1.77 bits per heavy atom. The summed E-state index contributed by atoms with van der Waals surface area (Å²) >= 11 is 0. The van der Waals surface area contributed by atoms with Gasteiger partial charge in [-0.15, -0.1) is 0 Å². The number of carboxylic acid groups (broad SMARTS) is 1. The van der Waals surface area contributed by atoms with Gasteiger partial charge in [-0.25, -0.2) is 0 Å². The van der Waals surface area contributed by atoms with E-state index in [-0.39, 0.29) is 11.8 Å². The van der Waals surface area contributed by atoms with Crippen LogP contribution in [0.5, 0.6) is 0 Å². The summed E-state index contributed by atoms with van der Waals surface area (Å²) in [6, 6.07) is 0. The van der Waals surface area contributed by atoms with Crippen LogP contribution in [0.25, 0.3) is 0 Å². The average molecular weight is 308 g/mol. The predicted molar refractivity (Wildman–Crippen MR) is 76.6 cm³/mol. The van der Waals surface area contributed by atoms with E-state index in [4.69, 9.17) is 5.11 Å². The van der Waals surface area contributed by atoms with Gasteiger partial charge in [-0.3, -0.25) is 24.1 Å². The smallest absolute Gasteiger partial charge is 0.319 e. The molecule has 1 aliphatic carbocycles. The van der Waals surface area contributed by atoms with Crippen molar-refractivity contribution in [3.8, 4) is 0 Å². The van der Waals surface area contributed by atoms with E-state index in [1.807, 2.05) is 0 Å². The molecule has 0 aromatic carbocycles. The van der Waals surface area contributed by atoms with E-state index >= 15 is 0 Å². The number of nitrogens with zero attached hydrogens (tertiary/aromatic N) is 1. The highest BCUT2D eigenvalue weighted by Gasteiger charge is 2.50. The SMILES string of the molecule is O=C1C=CC(=O)N1CCCCCNC(=O)C1(C(=O)O)CCC1. The monoisotopic (exact) mass is 308 g/mol. The number of carbonyl (C=O) groups excluding carboxylic acids is 3. The maximum Gasteiger partial charge on any atom is 0.319 e. The molecule has 2 rings (SSSR count). The molecule has 2 N–H and O–H groups in total. The molecular weight excluding hydrogens is 288 g/mol. The van der Waals surface area contributed by atoms with E-state index in [1.165, 1.54) is 17.1 Å². The lowest BCUT2D eigenvalue weighted by atomic mass is 9.68. The summed E-state index contributed by atoms with van der Waals surface area (Å²) in [4.78, 5) is 46.9. The Morgan fingerprint density at radius 3 is 2.27 bits per heavy atom. The number of unbranched alkanes of at least 4 members (excludes halogenated alkanes) is 2. The number of amides is 3. The largest absolute Gasteiger partial charge is 0.480 e. The average Bonchev–Trinajstić information content (AvgIpc) is 2.72. The minimum Gasteiger partial charge on any atom is -0.480 e. The molecule has 0 aromatic heterocycles. The standard InChI is InChI=1S/C15H20N2O5/c18-11-5-6-12(19)17(11)10-3-1-2-9-16-13(20)15(14(21)22)7-4-8-15/h5-6H,1-4,7-10H2,(H,16,20)(H,21,22). The van der Waals surface area contributed by atoms with Gasteiger partial charge in [0, 0.05) is 25.2 Å². The third kappa shape index (κ3) is 3.18. The third-order valence-electron chi connectivity index (χ3n) is 4.30. The highest BCUT2D eigenvalue weighted by molar-refractivity contribution is 6.12. The Hall–Kier alpha value is -2.18. The number of nitrogens with one attached hydrogen (secondary N) is 1. The van der Waals surface area contributed by atoms with E-state index in [0.29, 0.717) is 38.8 Å². The summed E-state index contributed by atoms with van der Waals surface area (Å²) in [5.41, 5.74) is -1.22. The van der Waals surface area contributed by atoms with Crippen LogP contribution in [-0.2, 0) is 19.2 Å². The maximum atomic E-state index is 11.9. The van der Waals surface area contributed by atoms with E-state index in [1.54, 1.807) is 0 Å². The molecule has 0 bridgehead atoms. The summed E-state index contributed by atoms with van der Waals surface area (Å²) in [6.07, 6.45) is 6.19. The van der Waals surface area contributed by atoms with Gasteiger partial charge in [0.25, 0.3) is 11.8 Å². The molecule has 1 aliphatic heterocycles. The fourth-order valence-electron chi connectivity index (χ4n) is 2.66. The molecule has 1 heterocycles. The Morgan fingerprint density at radius 1 is 1.14 bits per heavy atom. The molecule has 7 nitrogen and oxygen atoms in total. The van der Waals surface area contributed by atoms with Crippen molar-refractivity contribution in [2.24, 2.45) is 5.41 Å².